The number of aliphatic carboxylic acids is 1. The number of amides is 2. The van der Waals surface area contributed by atoms with Gasteiger partial charge in [-0.25, -0.2) is 23.1 Å². The molecule has 0 heterocycles. The van der Waals surface area contributed by atoms with E-state index in [2.05, 4.69) is 10.6 Å². The third-order valence-electron chi connectivity index (χ3n) is 2.65. The molecule has 0 saturated carbocycles. The van der Waals surface area contributed by atoms with Gasteiger partial charge in [-0.3, -0.25) is 0 Å². The number of hydrogen-bond donors (Lipinski definition) is 4. The first kappa shape index (κ1) is 18.3. The van der Waals surface area contributed by atoms with Gasteiger partial charge in [-0.2, -0.15) is 11.8 Å². The number of carboxylic acids is 1. The molecule has 0 spiro atoms. The second-order valence-corrected chi connectivity index (χ2v) is 6.89. The maximum Gasteiger partial charge on any atom is 0.326 e. The van der Waals surface area contributed by atoms with Crippen molar-refractivity contribution in [3.63, 3.8) is 0 Å². The minimum absolute atomic E-state index is 0.0816. The number of carbonyl (C=O) groups is 2. The number of primary sulfonamides is 1. The number of sulfonamides is 1. The Kier molecular flexibility index (Phi) is 6.65. The van der Waals surface area contributed by atoms with E-state index in [9.17, 15) is 18.0 Å². The average molecular weight is 347 g/mol. The molecule has 0 aliphatic rings. The molecule has 2 amide bonds. The van der Waals surface area contributed by atoms with Crippen LogP contribution in [0.1, 0.15) is 6.42 Å². The molecular weight excluding hydrogens is 330 g/mol. The van der Waals surface area contributed by atoms with Gasteiger partial charge in [0.1, 0.15) is 6.04 Å². The van der Waals surface area contributed by atoms with E-state index in [4.69, 9.17) is 10.2 Å². The monoisotopic (exact) mass is 347 g/mol. The molecule has 0 bridgehead atoms. The summed E-state index contributed by atoms with van der Waals surface area (Å²) in [5.41, 5.74) is 0.318. The predicted octanol–water partition coefficient (Wildman–Crippen LogP) is 0.662. The lowest BCUT2D eigenvalue weighted by atomic mass is 10.2. The Morgan fingerprint density at radius 3 is 2.36 bits per heavy atom. The number of carbonyl (C=O) groups excluding carboxylic acids is 1. The van der Waals surface area contributed by atoms with Crippen LogP contribution in [-0.4, -0.2) is 43.6 Å². The fourth-order valence-corrected chi connectivity index (χ4v) is 2.53. The standard InChI is InChI=1S/C12H17N3O5S2/c1-21-7-6-10(11(16)17)15-12(18)14-8-2-4-9(5-3-8)22(13,19)20/h2-5,10H,6-7H2,1H3,(H,16,17)(H2,13,19,20)(H2,14,15,18). The topological polar surface area (TPSA) is 139 Å². The maximum absolute atomic E-state index is 11.7. The van der Waals surface area contributed by atoms with Crippen molar-refractivity contribution >= 4 is 39.5 Å². The van der Waals surface area contributed by atoms with Gasteiger partial charge in [0.15, 0.2) is 0 Å². The molecule has 0 aliphatic heterocycles. The molecule has 0 fully saturated rings. The van der Waals surface area contributed by atoms with Gasteiger partial charge in [0.05, 0.1) is 4.90 Å². The normalized spacial score (nSPS) is 12.5. The van der Waals surface area contributed by atoms with E-state index in [1.165, 1.54) is 36.0 Å². The molecular formula is C12H17N3O5S2. The quantitative estimate of drug-likeness (QED) is 0.571. The number of hydrogen-bond acceptors (Lipinski definition) is 5. The number of benzene rings is 1. The second-order valence-electron chi connectivity index (χ2n) is 4.34. The molecule has 10 heteroatoms. The van der Waals surface area contributed by atoms with E-state index in [0.29, 0.717) is 17.9 Å². The van der Waals surface area contributed by atoms with E-state index in [-0.39, 0.29) is 4.90 Å². The van der Waals surface area contributed by atoms with Crippen LogP contribution >= 0.6 is 11.8 Å². The molecule has 0 saturated heterocycles. The summed E-state index contributed by atoms with van der Waals surface area (Å²) >= 11 is 1.48. The Bertz CT molecular complexity index is 631. The summed E-state index contributed by atoms with van der Waals surface area (Å²) in [5.74, 6) is -0.519. The van der Waals surface area contributed by atoms with Crippen molar-refractivity contribution in [2.24, 2.45) is 5.14 Å². The molecule has 1 aromatic rings. The lowest BCUT2D eigenvalue weighted by molar-refractivity contribution is -0.139. The number of nitrogens with two attached hydrogens (primary N) is 1. The molecule has 0 aromatic heterocycles. The van der Waals surface area contributed by atoms with E-state index in [1.54, 1.807) is 0 Å². The summed E-state index contributed by atoms with van der Waals surface area (Å²) in [6.45, 7) is 0. The Morgan fingerprint density at radius 1 is 1.32 bits per heavy atom. The van der Waals surface area contributed by atoms with Gasteiger partial charge < -0.3 is 15.7 Å². The lowest BCUT2D eigenvalue weighted by Gasteiger charge is -2.14. The maximum atomic E-state index is 11.7. The van der Waals surface area contributed by atoms with Crippen LogP contribution in [-0.2, 0) is 14.8 Å². The van der Waals surface area contributed by atoms with Crippen molar-refractivity contribution in [1.29, 1.82) is 0 Å². The number of rotatable bonds is 7. The van der Waals surface area contributed by atoms with Crippen molar-refractivity contribution in [2.45, 2.75) is 17.4 Å². The Morgan fingerprint density at radius 2 is 1.91 bits per heavy atom. The highest BCUT2D eigenvalue weighted by Gasteiger charge is 2.19. The number of anilines is 1. The van der Waals surface area contributed by atoms with Gasteiger partial charge in [0.2, 0.25) is 10.0 Å². The molecule has 5 N–H and O–H groups in total. The minimum Gasteiger partial charge on any atom is -0.480 e. The molecule has 1 atom stereocenters. The smallest absolute Gasteiger partial charge is 0.326 e. The summed E-state index contributed by atoms with van der Waals surface area (Å²) in [5, 5.41) is 18.7. The first-order valence-corrected chi connectivity index (χ1v) is 9.10. The zero-order valence-electron chi connectivity index (χ0n) is 11.8. The van der Waals surface area contributed by atoms with Gasteiger partial charge in [-0.1, -0.05) is 0 Å². The first-order valence-electron chi connectivity index (χ1n) is 6.16. The van der Waals surface area contributed by atoms with Crippen molar-refractivity contribution in [1.82, 2.24) is 5.32 Å². The highest BCUT2D eigenvalue weighted by molar-refractivity contribution is 7.98. The van der Waals surface area contributed by atoms with E-state index < -0.39 is 28.1 Å². The average Bonchev–Trinajstić information content (AvgIpc) is 2.42. The number of carboxylic acid groups (broad SMARTS) is 1. The molecule has 1 unspecified atom stereocenters. The summed E-state index contributed by atoms with van der Waals surface area (Å²) in [4.78, 5) is 22.7. The molecule has 0 radical (unpaired) electrons. The summed E-state index contributed by atoms with van der Waals surface area (Å²) in [6, 6.07) is 3.53. The molecule has 0 aliphatic carbocycles. The van der Waals surface area contributed by atoms with Crippen LogP contribution in [0, 0.1) is 0 Å². The van der Waals surface area contributed by atoms with Gasteiger partial charge in [0, 0.05) is 5.69 Å². The predicted molar refractivity (Wildman–Crippen MR) is 84.4 cm³/mol. The molecule has 8 nitrogen and oxygen atoms in total. The summed E-state index contributed by atoms with van der Waals surface area (Å²) in [7, 11) is -3.80. The number of thioether (sulfide) groups is 1. The van der Waals surface area contributed by atoms with E-state index >= 15 is 0 Å². The summed E-state index contributed by atoms with van der Waals surface area (Å²) < 4.78 is 22.2. The first-order chi connectivity index (χ1) is 10.2. The van der Waals surface area contributed by atoms with Crippen molar-refractivity contribution in [3.05, 3.63) is 24.3 Å². The second kappa shape index (κ2) is 8.01. The highest BCUT2D eigenvalue weighted by atomic mass is 32.2. The lowest BCUT2D eigenvalue weighted by Crippen LogP contribution is -2.43. The van der Waals surface area contributed by atoms with Crippen LogP contribution < -0.4 is 15.8 Å². The van der Waals surface area contributed by atoms with E-state index in [0.717, 1.165) is 0 Å². The Labute approximate surface area is 132 Å². The van der Waals surface area contributed by atoms with Crippen LogP contribution in [0.25, 0.3) is 0 Å². The molecule has 1 aromatic carbocycles. The minimum atomic E-state index is -3.80. The number of nitrogens with one attached hydrogen (secondary N) is 2. The van der Waals surface area contributed by atoms with E-state index in [1.807, 2.05) is 6.26 Å². The van der Waals surface area contributed by atoms with Crippen LogP contribution in [0.5, 0.6) is 0 Å². The Hall–Kier alpha value is -1.78. The third-order valence-corrected chi connectivity index (χ3v) is 4.23. The third kappa shape index (κ3) is 5.92. The molecule has 22 heavy (non-hydrogen) atoms. The van der Waals surface area contributed by atoms with Crippen molar-refractivity contribution in [3.8, 4) is 0 Å². The summed E-state index contributed by atoms with van der Waals surface area (Å²) in [6.07, 6.45) is 2.14. The number of urea groups is 1. The zero-order valence-corrected chi connectivity index (χ0v) is 13.4. The van der Waals surface area contributed by atoms with Gasteiger partial charge in [-0.05, 0) is 42.7 Å². The van der Waals surface area contributed by atoms with Gasteiger partial charge >= 0.3 is 12.0 Å². The van der Waals surface area contributed by atoms with Crippen LogP contribution in [0.2, 0.25) is 0 Å². The van der Waals surface area contributed by atoms with Crippen molar-refractivity contribution in [2.75, 3.05) is 17.3 Å². The van der Waals surface area contributed by atoms with Crippen LogP contribution in [0.15, 0.2) is 29.2 Å². The fourth-order valence-electron chi connectivity index (χ4n) is 1.55. The largest absolute Gasteiger partial charge is 0.480 e. The Balaban J connectivity index is 2.66. The van der Waals surface area contributed by atoms with Gasteiger partial charge in [0.25, 0.3) is 0 Å². The highest BCUT2D eigenvalue weighted by Crippen LogP contribution is 2.12. The fraction of sp³-hybridized carbons (Fsp3) is 0.333. The zero-order chi connectivity index (χ0) is 16.8. The molecule has 1 rings (SSSR count). The van der Waals surface area contributed by atoms with Crippen LogP contribution in [0.3, 0.4) is 0 Å². The van der Waals surface area contributed by atoms with Crippen molar-refractivity contribution < 1.29 is 23.1 Å². The van der Waals surface area contributed by atoms with Crippen LogP contribution in [0.4, 0.5) is 10.5 Å². The SMILES string of the molecule is CSCCC(NC(=O)Nc1ccc(S(N)(=O)=O)cc1)C(=O)O. The van der Waals surface area contributed by atoms with Gasteiger partial charge in [-0.15, -0.1) is 0 Å². The molecule has 122 valence electrons.